The fourth-order valence-corrected chi connectivity index (χ4v) is 1.27. The largest absolute Gasteiger partial charge is 0.484 e. The summed E-state index contributed by atoms with van der Waals surface area (Å²) in [5.41, 5.74) is 0.763. The van der Waals surface area contributed by atoms with Crippen molar-refractivity contribution in [3.05, 3.63) is 29.8 Å². The van der Waals surface area contributed by atoms with Crippen LogP contribution in [0.4, 0.5) is 0 Å². The number of amides is 1. The minimum Gasteiger partial charge on any atom is -0.484 e. The molecule has 0 fully saturated rings. The van der Waals surface area contributed by atoms with Crippen LogP contribution in [0.5, 0.6) is 5.75 Å². The molecule has 0 unspecified atom stereocenters. The van der Waals surface area contributed by atoms with E-state index in [0.717, 1.165) is 5.56 Å². The Morgan fingerprint density at radius 3 is 2.53 bits per heavy atom. The molecule has 0 aliphatic heterocycles. The Kier molecular flexibility index (Phi) is 6.38. The highest BCUT2D eigenvalue weighted by molar-refractivity contribution is 5.82. The van der Waals surface area contributed by atoms with Crippen molar-refractivity contribution in [2.45, 2.75) is 13.5 Å². The van der Waals surface area contributed by atoms with Crippen LogP contribution < -0.4 is 10.1 Å². The van der Waals surface area contributed by atoms with Gasteiger partial charge in [-0.05, 0) is 24.6 Å². The van der Waals surface area contributed by atoms with Crippen molar-refractivity contribution in [1.82, 2.24) is 5.32 Å². The summed E-state index contributed by atoms with van der Waals surface area (Å²) in [5.74, 6) is -0.370. The van der Waals surface area contributed by atoms with Crippen LogP contribution in [-0.2, 0) is 20.9 Å². The second-order valence-corrected chi connectivity index (χ2v) is 3.67. The molecule has 6 heteroatoms. The summed E-state index contributed by atoms with van der Waals surface area (Å²) in [5, 5.41) is 11.2. The van der Waals surface area contributed by atoms with Crippen LogP contribution in [0.1, 0.15) is 12.5 Å². The van der Waals surface area contributed by atoms with Gasteiger partial charge >= 0.3 is 5.97 Å². The van der Waals surface area contributed by atoms with Crippen molar-refractivity contribution in [2.24, 2.45) is 0 Å². The third-order valence-electron chi connectivity index (χ3n) is 2.21. The van der Waals surface area contributed by atoms with Gasteiger partial charge in [-0.3, -0.25) is 9.59 Å². The van der Waals surface area contributed by atoms with E-state index >= 15 is 0 Å². The molecule has 0 aromatic heterocycles. The average molecular weight is 267 g/mol. The van der Waals surface area contributed by atoms with Crippen LogP contribution in [0.2, 0.25) is 0 Å². The van der Waals surface area contributed by atoms with Gasteiger partial charge in [0.1, 0.15) is 12.3 Å². The fraction of sp³-hybridized carbons (Fsp3) is 0.385. The minimum absolute atomic E-state index is 0.0414. The first-order valence-corrected chi connectivity index (χ1v) is 5.90. The summed E-state index contributed by atoms with van der Waals surface area (Å²) in [6.07, 6.45) is 0. The highest BCUT2D eigenvalue weighted by atomic mass is 16.5. The molecule has 0 spiro atoms. The Bertz CT molecular complexity index is 416. The van der Waals surface area contributed by atoms with Crippen molar-refractivity contribution >= 4 is 11.9 Å². The summed E-state index contributed by atoms with van der Waals surface area (Å²) < 4.78 is 9.88. The number of carbonyl (C=O) groups is 2. The number of hydrogen-bond donors (Lipinski definition) is 2. The Morgan fingerprint density at radius 1 is 1.26 bits per heavy atom. The van der Waals surface area contributed by atoms with Gasteiger partial charge in [0.25, 0.3) is 5.91 Å². The molecule has 0 atom stereocenters. The van der Waals surface area contributed by atoms with Gasteiger partial charge in [0.05, 0.1) is 13.2 Å². The second kappa shape index (κ2) is 8.10. The molecular weight excluding hydrogens is 250 g/mol. The molecule has 0 aliphatic carbocycles. The maximum atomic E-state index is 11.4. The van der Waals surface area contributed by atoms with E-state index in [2.05, 4.69) is 10.1 Å². The lowest BCUT2D eigenvalue weighted by Crippen LogP contribution is -2.34. The molecule has 2 N–H and O–H groups in total. The number of esters is 1. The van der Waals surface area contributed by atoms with Crippen LogP contribution in [0.25, 0.3) is 0 Å². The van der Waals surface area contributed by atoms with Crippen molar-refractivity contribution < 1.29 is 24.2 Å². The molecule has 1 aromatic rings. The molecule has 0 radical (unpaired) electrons. The van der Waals surface area contributed by atoms with Crippen LogP contribution in [0.15, 0.2) is 24.3 Å². The van der Waals surface area contributed by atoms with Gasteiger partial charge in [0.15, 0.2) is 6.61 Å². The summed E-state index contributed by atoms with van der Waals surface area (Å²) in [7, 11) is 0. The Hall–Kier alpha value is -2.08. The zero-order valence-corrected chi connectivity index (χ0v) is 10.7. The van der Waals surface area contributed by atoms with Crippen LogP contribution >= 0.6 is 0 Å². The topological polar surface area (TPSA) is 84.9 Å². The monoisotopic (exact) mass is 267 g/mol. The smallest absolute Gasteiger partial charge is 0.325 e. The lowest BCUT2D eigenvalue weighted by molar-refractivity contribution is -0.143. The number of hydrogen-bond acceptors (Lipinski definition) is 5. The van der Waals surface area contributed by atoms with E-state index < -0.39 is 11.9 Å². The number of carbonyl (C=O) groups excluding carboxylic acids is 2. The minimum atomic E-state index is -0.483. The molecular formula is C13H17NO5. The zero-order chi connectivity index (χ0) is 14.1. The average Bonchev–Trinajstić information content (AvgIpc) is 2.44. The number of rotatable bonds is 7. The molecule has 19 heavy (non-hydrogen) atoms. The summed E-state index contributed by atoms with van der Waals surface area (Å²) in [6, 6.07) is 6.71. The lowest BCUT2D eigenvalue weighted by Gasteiger charge is -2.07. The van der Waals surface area contributed by atoms with Crippen molar-refractivity contribution in [2.75, 3.05) is 19.8 Å². The standard InChI is InChI=1S/C13H17NO5/c1-2-18-13(17)7-14-12(16)9-19-11-5-3-10(8-15)4-6-11/h3-6,15H,2,7-9H2,1H3,(H,14,16). The Balaban J connectivity index is 2.27. The van der Waals surface area contributed by atoms with E-state index in [1.54, 1.807) is 31.2 Å². The fourth-order valence-electron chi connectivity index (χ4n) is 1.27. The Morgan fingerprint density at radius 2 is 1.95 bits per heavy atom. The van der Waals surface area contributed by atoms with Gasteiger partial charge in [-0.2, -0.15) is 0 Å². The van der Waals surface area contributed by atoms with Gasteiger partial charge < -0.3 is 19.9 Å². The Labute approximate surface area is 111 Å². The number of benzene rings is 1. The zero-order valence-electron chi connectivity index (χ0n) is 10.7. The first-order chi connectivity index (χ1) is 9.15. The molecule has 0 saturated carbocycles. The third kappa shape index (κ3) is 5.87. The molecule has 0 saturated heterocycles. The predicted octanol–water partition coefficient (Wildman–Crippen LogP) is 0.237. The molecule has 0 bridgehead atoms. The lowest BCUT2D eigenvalue weighted by atomic mass is 10.2. The van der Waals surface area contributed by atoms with Crippen molar-refractivity contribution in [1.29, 1.82) is 0 Å². The summed E-state index contributed by atoms with van der Waals surface area (Å²) in [6.45, 7) is 1.58. The van der Waals surface area contributed by atoms with Crippen LogP contribution in [-0.4, -0.2) is 36.7 Å². The normalized spacial score (nSPS) is 9.79. The highest BCUT2D eigenvalue weighted by Gasteiger charge is 2.06. The van der Waals surface area contributed by atoms with E-state index in [4.69, 9.17) is 9.84 Å². The summed E-state index contributed by atoms with van der Waals surface area (Å²) in [4.78, 5) is 22.4. The van der Waals surface area contributed by atoms with Gasteiger partial charge in [0.2, 0.25) is 0 Å². The third-order valence-corrected chi connectivity index (χ3v) is 2.21. The van der Waals surface area contributed by atoms with Crippen molar-refractivity contribution in [3.63, 3.8) is 0 Å². The molecule has 104 valence electrons. The maximum Gasteiger partial charge on any atom is 0.325 e. The van der Waals surface area contributed by atoms with E-state index in [1.165, 1.54) is 0 Å². The van der Waals surface area contributed by atoms with Crippen LogP contribution in [0.3, 0.4) is 0 Å². The number of aliphatic hydroxyl groups is 1. The molecule has 0 aliphatic rings. The first-order valence-electron chi connectivity index (χ1n) is 5.90. The van der Waals surface area contributed by atoms with Crippen LogP contribution in [0, 0.1) is 0 Å². The van der Waals surface area contributed by atoms with E-state index in [9.17, 15) is 9.59 Å². The van der Waals surface area contributed by atoms with Gasteiger partial charge in [-0.25, -0.2) is 0 Å². The van der Waals surface area contributed by atoms with Gasteiger partial charge in [0, 0.05) is 0 Å². The van der Waals surface area contributed by atoms with E-state index in [1.807, 2.05) is 0 Å². The molecule has 6 nitrogen and oxygen atoms in total. The number of aliphatic hydroxyl groups excluding tert-OH is 1. The SMILES string of the molecule is CCOC(=O)CNC(=O)COc1ccc(CO)cc1. The first kappa shape index (κ1) is 15.0. The second-order valence-electron chi connectivity index (χ2n) is 3.67. The number of nitrogens with one attached hydrogen (secondary N) is 1. The number of ether oxygens (including phenoxy) is 2. The molecule has 1 aromatic carbocycles. The van der Waals surface area contributed by atoms with E-state index in [0.29, 0.717) is 5.75 Å². The quantitative estimate of drug-likeness (QED) is 0.691. The van der Waals surface area contributed by atoms with Gasteiger partial charge in [-0.1, -0.05) is 12.1 Å². The molecule has 0 heterocycles. The summed E-state index contributed by atoms with van der Waals surface area (Å²) >= 11 is 0. The predicted molar refractivity (Wildman–Crippen MR) is 67.5 cm³/mol. The molecule has 1 amide bonds. The highest BCUT2D eigenvalue weighted by Crippen LogP contribution is 2.11. The van der Waals surface area contributed by atoms with E-state index in [-0.39, 0.29) is 26.4 Å². The van der Waals surface area contributed by atoms with Crippen molar-refractivity contribution in [3.8, 4) is 5.75 Å². The molecule has 1 rings (SSSR count). The maximum absolute atomic E-state index is 11.4. The van der Waals surface area contributed by atoms with Gasteiger partial charge in [-0.15, -0.1) is 0 Å².